The molecule has 0 saturated carbocycles. The van der Waals surface area contributed by atoms with Crippen LogP contribution in [0.3, 0.4) is 0 Å². The van der Waals surface area contributed by atoms with E-state index in [1.807, 2.05) is 31.2 Å². The zero-order valence-electron chi connectivity index (χ0n) is 11.5. The van der Waals surface area contributed by atoms with Crippen molar-refractivity contribution in [2.75, 3.05) is 20.2 Å². The Morgan fingerprint density at radius 1 is 1.42 bits per heavy atom. The standard InChI is InChI=1S/C14H22N2O2.ClH/c1-11(14(17)16-9-4-3-8-15)12-6-5-7-13(10-12)18-2;/h5-7,10-11H,3-4,8-9,15H2,1-2H3,(H,16,17);1H. The third kappa shape index (κ3) is 5.94. The van der Waals surface area contributed by atoms with E-state index in [2.05, 4.69) is 5.32 Å². The summed E-state index contributed by atoms with van der Waals surface area (Å²) in [6.07, 6.45) is 1.86. The van der Waals surface area contributed by atoms with E-state index in [0.717, 1.165) is 24.2 Å². The fraction of sp³-hybridized carbons (Fsp3) is 0.500. The molecular weight excluding hydrogens is 264 g/mol. The van der Waals surface area contributed by atoms with E-state index in [9.17, 15) is 4.79 Å². The number of carbonyl (C=O) groups is 1. The molecular formula is C14H23ClN2O2. The first-order valence-electron chi connectivity index (χ1n) is 6.30. The maximum absolute atomic E-state index is 11.9. The van der Waals surface area contributed by atoms with Gasteiger partial charge in [-0.1, -0.05) is 12.1 Å². The lowest BCUT2D eigenvalue weighted by atomic mass is 10.00. The Hall–Kier alpha value is -1.26. The van der Waals surface area contributed by atoms with Crippen molar-refractivity contribution in [3.05, 3.63) is 29.8 Å². The summed E-state index contributed by atoms with van der Waals surface area (Å²) in [4.78, 5) is 11.9. The second kappa shape index (κ2) is 9.64. The van der Waals surface area contributed by atoms with E-state index in [4.69, 9.17) is 10.5 Å². The molecule has 0 aliphatic carbocycles. The Kier molecular flexibility index (Phi) is 9.00. The minimum absolute atomic E-state index is 0. The maximum Gasteiger partial charge on any atom is 0.227 e. The molecule has 5 heteroatoms. The van der Waals surface area contributed by atoms with Gasteiger partial charge in [-0.2, -0.15) is 0 Å². The number of rotatable bonds is 7. The van der Waals surface area contributed by atoms with E-state index in [1.165, 1.54) is 0 Å². The van der Waals surface area contributed by atoms with Gasteiger partial charge in [0.25, 0.3) is 0 Å². The predicted molar refractivity (Wildman–Crippen MR) is 80.0 cm³/mol. The molecule has 1 aromatic carbocycles. The average Bonchev–Trinajstić information content (AvgIpc) is 2.42. The number of hydrogen-bond acceptors (Lipinski definition) is 3. The number of unbranched alkanes of at least 4 members (excludes halogenated alkanes) is 1. The molecule has 0 radical (unpaired) electrons. The van der Waals surface area contributed by atoms with Gasteiger partial charge in [0.2, 0.25) is 5.91 Å². The van der Waals surface area contributed by atoms with Gasteiger partial charge in [0.15, 0.2) is 0 Å². The molecule has 0 saturated heterocycles. The van der Waals surface area contributed by atoms with Gasteiger partial charge < -0.3 is 15.8 Å². The number of carbonyl (C=O) groups excluding carboxylic acids is 1. The monoisotopic (exact) mass is 286 g/mol. The third-order valence-electron chi connectivity index (χ3n) is 2.92. The Labute approximate surface area is 121 Å². The highest BCUT2D eigenvalue weighted by Gasteiger charge is 2.14. The first kappa shape index (κ1) is 17.7. The van der Waals surface area contributed by atoms with Crippen LogP contribution in [0.25, 0.3) is 0 Å². The summed E-state index contributed by atoms with van der Waals surface area (Å²) in [5.41, 5.74) is 6.37. The second-order valence-corrected chi connectivity index (χ2v) is 4.29. The summed E-state index contributed by atoms with van der Waals surface area (Å²) in [5, 5.41) is 2.92. The van der Waals surface area contributed by atoms with Crippen LogP contribution in [0.4, 0.5) is 0 Å². The first-order chi connectivity index (χ1) is 8.69. The van der Waals surface area contributed by atoms with E-state index in [0.29, 0.717) is 13.1 Å². The molecule has 1 aromatic rings. The molecule has 0 aliphatic rings. The van der Waals surface area contributed by atoms with Crippen molar-refractivity contribution < 1.29 is 9.53 Å². The van der Waals surface area contributed by atoms with E-state index < -0.39 is 0 Å². The van der Waals surface area contributed by atoms with Crippen LogP contribution in [-0.4, -0.2) is 26.1 Å². The highest BCUT2D eigenvalue weighted by atomic mass is 35.5. The van der Waals surface area contributed by atoms with Crippen LogP contribution in [0.5, 0.6) is 5.75 Å². The first-order valence-corrected chi connectivity index (χ1v) is 6.30. The van der Waals surface area contributed by atoms with Gasteiger partial charge in [0.05, 0.1) is 13.0 Å². The van der Waals surface area contributed by atoms with Crippen molar-refractivity contribution in [3.63, 3.8) is 0 Å². The quantitative estimate of drug-likeness (QED) is 0.754. The molecule has 0 heterocycles. The van der Waals surface area contributed by atoms with Crippen LogP contribution in [-0.2, 0) is 4.79 Å². The molecule has 0 bridgehead atoms. The molecule has 3 N–H and O–H groups in total. The molecule has 108 valence electrons. The van der Waals surface area contributed by atoms with Gasteiger partial charge in [0, 0.05) is 6.54 Å². The molecule has 0 spiro atoms. The molecule has 0 fully saturated rings. The van der Waals surface area contributed by atoms with Gasteiger partial charge >= 0.3 is 0 Å². The highest BCUT2D eigenvalue weighted by molar-refractivity contribution is 5.85. The smallest absolute Gasteiger partial charge is 0.227 e. The maximum atomic E-state index is 11.9. The number of nitrogens with one attached hydrogen (secondary N) is 1. The number of benzene rings is 1. The van der Waals surface area contributed by atoms with Crippen LogP contribution in [0.15, 0.2) is 24.3 Å². The fourth-order valence-electron chi connectivity index (χ4n) is 1.70. The Morgan fingerprint density at radius 2 is 2.16 bits per heavy atom. The van der Waals surface area contributed by atoms with Crippen molar-refractivity contribution in [2.24, 2.45) is 5.73 Å². The predicted octanol–water partition coefficient (Wildman–Crippen LogP) is 2.08. The van der Waals surface area contributed by atoms with Gasteiger partial charge in [-0.05, 0) is 44.0 Å². The summed E-state index contributed by atoms with van der Waals surface area (Å²) in [7, 11) is 1.62. The van der Waals surface area contributed by atoms with Gasteiger partial charge in [-0.15, -0.1) is 12.4 Å². The Morgan fingerprint density at radius 3 is 2.79 bits per heavy atom. The van der Waals surface area contributed by atoms with Crippen molar-refractivity contribution >= 4 is 18.3 Å². The van der Waals surface area contributed by atoms with E-state index >= 15 is 0 Å². The van der Waals surface area contributed by atoms with Crippen LogP contribution < -0.4 is 15.8 Å². The third-order valence-corrected chi connectivity index (χ3v) is 2.92. The van der Waals surface area contributed by atoms with Crippen molar-refractivity contribution in [3.8, 4) is 5.75 Å². The van der Waals surface area contributed by atoms with Crippen LogP contribution in [0.1, 0.15) is 31.2 Å². The highest BCUT2D eigenvalue weighted by Crippen LogP contribution is 2.20. The summed E-state index contributed by atoms with van der Waals surface area (Å²) < 4.78 is 5.15. The van der Waals surface area contributed by atoms with E-state index in [-0.39, 0.29) is 24.2 Å². The van der Waals surface area contributed by atoms with Crippen LogP contribution >= 0.6 is 12.4 Å². The minimum Gasteiger partial charge on any atom is -0.497 e. The number of methoxy groups -OCH3 is 1. The number of nitrogens with two attached hydrogens (primary N) is 1. The molecule has 1 rings (SSSR count). The van der Waals surface area contributed by atoms with Crippen LogP contribution in [0, 0.1) is 0 Å². The molecule has 1 atom stereocenters. The topological polar surface area (TPSA) is 64.3 Å². The fourth-order valence-corrected chi connectivity index (χ4v) is 1.70. The zero-order chi connectivity index (χ0) is 13.4. The number of ether oxygens (including phenoxy) is 1. The van der Waals surface area contributed by atoms with Gasteiger partial charge in [0.1, 0.15) is 5.75 Å². The summed E-state index contributed by atoms with van der Waals surface area (Å²) in [6, 6.07) is 7.60. The molecule has 19 heavy (non-hydrogen) atoms. The largest absolute Gasteiger partial charge is 0.497 e. The van der Waals surface area contributed by atoms with Crippen molar-refractivity contribution in [2.45, 2.75) is 25.7 Å². The number of hydrogen-bond donors (Lipinski definition) is 2. The normalized spacial score (nSPS) is 11.3. The van der Waals surface area contributed by atoms with Crippen molar-refractivity contribution in [1.82, 2.24) is 5.32 Å². The Balaban J connectivity index is 0.00000324. The summed E-state index contributed by atoms with van der Waals surface area (Å²) >= 11 is 0. The van der Waals surface area contributed by atoms with Crippen molar-refractivity contribution in [1.29, 1.82) is 0 Å². The summed E-state index contributed by atoms with van der Waals surface area (Å²) in [5.74, 6) is 0.647. The van der Waals surface area contributed by atoms with Crippen LogP contribution in [0.2, 0.25) is 0 Å². The lowest BCUT2D eigenvalue weighted by molar-refractivity contribution is -0.122. The van der Waals surface area contributed by atoms with Gasteiger partial charge in [-0.25, -0.2) is 0 Å². The number of amides is 1. The minimum atomic E-state index is -0.169. The average molecular weight is 287 g/mol. The van der Waals surface area contributed by atoms with E-state index in [1.54, 1.807) is 7.11 Å². The Bertz CT molecular complexity index is 385. The molecule has 0 aromatic heterocycles. The number of halogens is 1. The zero-order valence-corrected chi connectivity index (χ0v) is 12.3. The molecule has 1 unspecified atom stereocenters. The lowest BCUT2D eigenvalue weighted by Crippen LogP contribution is -2.29. The van der Waals surface area contributed by atoms with Gasteiger partial charge in [-0.3, -0.25) is 4.79 Å². The molecule has 4 nitrogen and oxygen atoms in total. The molecule has 0 aliphatic heterocycles. The SMILES string of the molecule is COc1cccc(C(C)C(=O)NCCCCN)c1.Cl. The summed E-state index contributed by atoms with van der Waals surface area (Å²) in [6.45, 7) is 3.25. The molecule has 1 amide bonds. The second-order valence-electron chi connectivity index (χ2n) is 4.29. The lowest BCUT2D eigenvalue weighted by Gasteiger charge is -2.13.